The lowest BCUT2D eigenvalue weighted by atomic mass is 10.0. The van der Waals surface area contributed by atoms with Crippen LogP contribution >= 0.6 is 0 Å². The molecule has 0 spiro atoms. The zero-order valence-corrected chi connectivity index (χ0v) is 10.7. The van der Waals surface area contributed by atoms with Crippen molar-refractivity contribution in [1.29, 1.82) is 0 Å². The number of rotatable bonds is 1. The van der Waals surface area contributed by atoms with Gasteiger partial charge in [0.25, 0.3) is 0 Å². The molecule has 0 fully saturated rings. The minimum atomic E-state index is 0.967. The highest BCUT2D eigenvalue weighted by Gasteiger charge is 2.05. The summed E-state index contributed by atoms with van der Waals surface area (Å²) >= 11 is 0. The Hall–Kier alpha value is -2.74. The average molecular weight is 255 g/mol. The summed E-state index contributed by atoms with van der Waals surface area (Å²) in [5, 5.41) is 2.26. The first-order chi connectivity index (χ1) is 9.92. The molecule has 4 rings (SSSR count). The highest BCUT2D eigenvalue weighted by molar-refractivity contribution is 5.95. The van der Waals surface area contributed by atoms with Crippen LogP contribution in [0.5, 0.6) is 0 Å². The number of pyridine rings is 2. The molecule has 0 aliphatic heterocycles. The molecule has 0 saturated carbocycles. The van der Waals surface area contributed by atoms with Crippen LogP contribution in [0.15, 0.2) is 66.9 Å². The Balaban J connectivity index is 2.01. The fraction of sp³-hybridized carbons (Fsp3) is 0. The molecule has 2 aromatic heterocycles. The zero-order valence-electron chi connectivity index (χ0n) is 10.7. The van der Waals surface area contributed by atoms with E-state index in [-0.39, 0.29) is 0 Å². The molecule has 0 amide bonds. The second-order valence-corrected chi connectivity index (χ2v) is 4.72. The third kappa shape index (κ3) is 1.74. The smallest absolute Gasteiger partial charge is 0.0979 e. The lowest BCUT2D eigenvalue weighted by molar-refractivity contribution is 1.38. The maximum absolute atomic E-state index is 4.42. The predicted octanol–water partition coefficient (Wildman–Crippen LogP) is 4.25. The van der Waals surface area contributed by atoms with E-state index in [2.05, 4.69) is 34.4 Å². The Morgan fingerprint density at radius 3 is 2.55 bits per heavy atom. The summed E-state index contributed by atoms with van der Waals surface area (Å²) in [6.45, 7) is 0. The van der Waals surface area contributed by atoms with E-state index in [9.17, 15) is 0 Å². The van der Waals surface area contributed by atoms with Crippen molar-refractivity contribution in [3.05, 3.63) is 73.1 Å². The van der Waals surface area contributed by atoms with E-state index in [0.717, 1.165) is 32.9 Å². The Labute approximate surface area is 116 Å². The molecule has 93 valence electrons. The number of hydrogen-bond acceptors (Lipinski definition) is 2. The van der Waals surface area contributed by atoms with Gasteiger partial charge in [0.05, 0.1) is 17.2 Å². The second-order valence-electron chi connectivity index (χ2n) is 4.72. The van der Waals surface area contributed by atoms with Gasteiger partial charge in [0, 0.05) is 22.5 Å². The lowest BCUT2D eigenvalue weighted by Crippen LogP contribution is -1.86. The van der Waals surface area contributed by atoms with E-state index in [1.165, 1.54) is 0 Å². The van der Waals surface area contributed by atoms with Gasteiger partial charge in [-0.2, -0.15) is 0 Å². The van der Waals surface area contributed by atoms with Crippen LogP contribution in [-0.2, 0) is 0 Å². The molecular weight excluding hydrogens is 244 g/mol. The van der Waals surface area contributed by atoms with Gasteiger partial charge >= 0.3 is 0 Å². The number of para-hydroxylation sites is 2. The van der Waals surface area contributed by atoms with E-state index < -0.39 is 0 Å². The molecule has 1 radical (unpaired) electrons. The van der Waals surface area contributed by atoms with Crippen LogP contribution in [0.1, 0.15) is 0 Å². The predicted molar refractivity (Wildman–Crippen MR) is 81.3 cm³/mol. The molecule has 4 aromatic rings. The zero-order chi connectivity index (χ0) is 13.4. The molecule has 2 heterocycles. The van der Waals surface area contributed by atoms with Crippen molar-refractivity contribution < 1.29 is 0 Å². The van der Waals surface area contributed by atoms with Crippen LogP contribution < -0.4 is 0 Å². The molecule has 0 aliphatic rings. The average Bonchev–Trinajstić information content (AvgIpc) is 2.54. The second kappa shape index (κ2) is 4.42. The summed E-state index contributed by atoms with van der Waals surface area (Å²) in [5.41, 5.74) is 4.08. The van der Waals surface area contributed by atoms with Crippen molar-refractivity contribution in [3.8, 4) is 11.1 Å². The Morgan fingerprint density at radius 2 is 1.60 bits per heavy atom. The first-order valence-electron chi connectivity index (χ1n) is 6.53. The van der Waals surface area contributed by atoms with Gasteiger partial charge in [-0.25, -0.2) is 4.98 Å². The highest BCUT2D eigenvalue weighted by atomic mass is 14.7. The van der Waals surface area contributed by atoms with E-state index in [1.54, 1.807) is 0 Å². The molecule has 20 heavy (non-hydrogen) atoms. The van der Waals surface area contributed by atoms with Crippen LogP contribution in [-0.4, -0.2) is 9.97 Å². The van der Waals surface area contributed by atoms with E-state index in [0.29, 0.717) is 0 Å². The number of nitrogens with zero attached hydrogens (tertiary/aromatic N) is 2. The normalized spacial score (nSPS) is 11.0. The van der Waals surface area contributed by atoms with Gasteiger partial charge in [0.1, 0.15) is 0 Å². The number of benzene rings is 2. The molecule has 0 bridgehead atoms. The monoisotopic (exact) mass is 255 g/mol. The summed E-state index contributed by atoms with van der Waals surface area (Å²) in [5.74, 6) is 0. The van der Waals surface area contributed by atoms with Crippen molar-refractivity contribution in [1.82, 2.24) is 9.97 Å². The minimum Gasteiger partial charge on any atom is -0.256 e. The Bertz CT molecular complexity index is 908. The Morgan fingerprint density at radius 1 is 0.800 bits per heavy atom. The van der Waals surface area contributed by atoms with E-state index >= 15 is 0 Å². The van der Waals surface area contributed by atoms with Crippen LogP contribution in [0, 0.1) is 6.20 Å². The van der Waals surface area contributed by atoms with Crippen LogP contribution in [0.2, 0.25) is 0 Å². The first-order valence-corrected chi connectivity index (χ1v) is 6.53. The molecule has 2 aromatic carbocycles. The summed E-state index contributed by atoms with van der Waals surface area (Å²) in [7, 11) is 0. The van der Waals surface area contributed by atoms with E-state index in [4.69, 9.17) is 0 Å². The number of fused-ring (bicyclic) bond motifs is 2. The SMILES string of the molecule is [c]1nc2ccccc2cc1-c1ccnc2ccccc12. The highest BCUT2D eigenvalue weighted by Crippen LogP contribution is 2.28. The fourth-order valence-corrected chi connectivity index (χ4v) is 2.49. The molecular formula is C18H11N2. The third-order valence-corrected chi connectivity index (χ3v) is 3.47. The van der Waals surface area contributed by atoms with Crippen molar-refractivity contribution in [2.75, 3.05) is 0 Å². The molecule has 0 aliphatic carbocycles. The molecule has 0 N–H and O–H groups in total. The van der Waals surface area contributed by atoms with Crippen LogP contribution in [0.25, 0.3) is 32.9 Å². The summed E-state index contributed by atoms with van der Waals surface area (Å²) < 4.78 is 0. The maximum atomic E-state index is 4.42. The largest absolute Gasteiger partial charge is 0.256 e. The summed E-state index contributed by atoms with van der Waals surface area (Å²) in [6.07, 6.45) is 4.98. The van der Waals surface area contributed by atoms with Gasteiger partial charge in [-0.15, -0.1) is 0 Å². The maximum Gasteiger partial charge on any atom is 0.0979 e. The van der Waals surface area contributed by atoms with E-state index in [1.807, 2.05) is 48.7 Å². The van der Waals surface area contributed by atoms with Crippen molar-refractivity contribution in [2.45, 2.75) is 0 Å². The summed E-state index contributed by atoms with van der Waals surface area (Å²) in [4.78, 5) is 8.81. The fourth-order valence-electron chi connectivity index (χ4n) is 2.49. The van der Waals surface area contributed by atoms with Crippen LogP contribution in [0.4, 0.5) is 0 Å². The van der Waals surface area contributed by atoms with Gasteiger partial charge < -0.3 is 0 Å². The summed E-state index contributed by atoms with van der Waals surface area (Å²) in [6, 6.07) is 20.4. The van der Waals surface area contributed by atoms with Gasteiger partial charge in [-0.3, -0.25) is 4.98 Å². The van der Waals surface area contributed by atoms with Gasteiger partial charge in [-0.1, -0.05) is 36.4 Å². The standard InChI is InChI=1S/C18H11N2/c1-3-7-17-13(5-1)11-14(12-20-17)15-9-10-19-18-8-4-2-6-16(15)18/h1-11H. The minimum absolute atomic E-state index is 0.967. The lowest BCUT2D eigenvalue weighted by Gasteiger charge is -2.06. The molecule has 0 saturated heterocycles. The van der Waals surface area contributed by atoms with Gasteiger partial charge in [-0.05, 0) is 29.8 Å². The molecule has 0 atom stereocenters. The molecule has 0 unspecified atom stereocenters. The molecule has 2 nitrogen and oxygen atoms in total. The van der Waals surface area contributed by atoms with Crippen molar-refractivity contribution in [2.24, 2.45) is 0 Å². The van der Waals surface area contributed by atoms with Crippen LogP contribution in [0.3, 0.4) is 0 Å². The van der Waals surface area contributed by atoms with Gasteiger partial charge in [0.15, 0.2) is 0 Å². The topological polar surface area (TPSA) is 25.8 Å². The Kier molecular flexibility index (Phi) is 2.46. The first kappa shape index (κ1) is 11.1. The van der Waals surface area contributed by atoms with Crippen molar-refractivity contribution in [3.63, 3.8) is 0 Å². The number of aromatic nitrogens is 2. The quantitative estimate of drug-likeness (QED) is 0.508. The third-order valence-electron chi connectivity index (χ3n) is 3.47. The van der Waals surface area contributed by atoms with Crippen molar-refractivity contribution >= 4 is 21.8 Å². The molecule has 2 heteroatoms. The van der Waals surface area contributed by atoms with Gasteiger partial charge in [0.2, 0.25) is 0 Å². The number of hydrogen-bond donors (Lipinski definition) is 0.